The van der Waals surface area contributed by atoms with Crippen LogP contribution in [0.2, 0.25) is 0 Å². The van der Waals surface area contributed by atoms with Crippen molar-refractivity contribution in [2.75, 3.05) is 0 Å². The van der Waals surface area contributed by atoms with E-state index in [-0.39, 0.29) is 5.82 Å². The van der Waals surface area contributed by atoms with Crippen molar-refractivity contribution in [2.45, 2.75) is 25.4 Å². The van der Waals surface area contributed by atoms with E-state index in [0.29, 0.717) is 6.42 Å². The van der Waals surface area contributed by atoms with Gasteiger partial charge in [0.05, 0.1) is 0 Å². The summed E-state index contributed by atoms with van der Waals surface area (Å²) in [5.74, 6) is -0.258. The number of aryl methyl sites for hydroxylation is 2. The largest absolute Gasteiger partial charge is 0.380 e. The monoisotopic (exact) mass is 242 g/mol. The van der Waals surface area contributed by atoms with E-state index in [1.807, 2.05) is 31.2 Å². The van der Waals surface area contributed by atoms with Crippen molar-refractivity contribution in [1.82, 2.24) is 0 Å². The minimum Gasteiger partial charge on any atom is -0.380 e. The Balaban J connectivity index is 2.17. The molecule has 92 valence electrons. The molecule has 0 radical (unpaired) electrons. The minimum atomic E-state index is -0.964. The third kappa shape index (κ3) is 1.57. The Hall–Kier alpha value is -1.67. The van der Waals surface area contributed by atoms with Crippen LogP contribution in [0, 0.1) is 12.7 Å². The lowest BCUT2D eigenvalue weighted by molar-refractivity contribution is 0.0822. The summed E-state index contributed by atoms with van der Waals surface area (Å²) >= 11 is 0. The van der Waals surface area contributed by atoms with Gasteiger partial charge in [0.1, 0.15) is 11.4 Å². The second-order valence-electron chi connectivity index (χ2n) is 4.98. The standard InChI is InChI=1S/C16H15FO/c1-11-10-13(17)6-7-14(11)16(18)9-8-12-4-2-3-5-15(12)16/h2-7,10,18H,8-9H2,1H3. The minimum absolute atomic E-state index is 0.258. The Morgan fingerprint density at radius 2 is 1.89 bits per heavy atom. The molecule has 2 aromatic rings. The van der Waals surface area contributed by atoms with Gasteiger partial charge in [-0.1, -0.05) is 30.3 Å². The van der Waals surface area contributed by atoms with Gasteiger partial charge in [0.15, 0.2) is 0 Å². The summed E-state index contributed by atoms with van der Waals surface area (Å²) in [4.78, 5) is 0. The number of halogens is 1. The van der Waals surface area contributed by atoms with Gasteiger partial charge < -0.3 is 5.11 Å². The van der Waals surface area contributed by atoms with Gasteiger partial charge in [-0.05, 0) is 54.2 Å². The smallest absolute Gasteiger partial charge is 0.123 e. The number of hydrogen-bond acceptors (Lipinski definition) is 1. The molecule has 0 aromatic heterocycles. The number of benzene rings is 2. The molecule has 1 atom stereocenters. The molecule has 18 heavy (non-hydrogen) atoms. The highest BCUT2D eigenvalue weighted by Crippen LogP contribution is 2.42. The quantitative estimate of drug-likeness (QED) is 0.813. The van der Waals surface area contributed by atoms with Crippen LogP contribution in [0.5, 0.6) is 0 Å². The van der Waals surface area contributed by atoms with Gasteiger partial charge in [-0.25, -0.2) is 4.39 Å². The number of aliphatic hydroxyl groups is 1. The molecule has 0 spiro atoms. The predicted octanol–water partition coefficient (Wildman–Crippen LogP) is 3.32. The van der Waals surface area contributed by atoms with Gasteiger partial charge in [0.25, 0.3) is 0 Å². The number of rotatable bonds is 1. The highest BCUT2D eigenvalue weighted by atomic mass is 19.1. The van der Waals surface area contributed by atoms with Crippen molar-refractivity contribution in [3.8, 4) is 0 Å². The molecule has 1 aliphatic rings. The van der Waals surface area contributed by atoms with Gasteiger partial charge in [-0.15, -0.1) is 0 Å². The maximum Gasteiger partial charge on any atom is 0.123 e. The third-order valence-electron chi connectivity index (χ3n) is 3.85. The zero-order valence-corrected chi connectivity index (χ0v) is 10.3. The molecule has 1 N–H and O–H groups in total. The molecule has 0 heterocycles. The first kappa shape index (κ1) is 11.4. The molecule has 0 bridgehead atoms. The van der Waals surface area contributed by atoms with Crippen LogP contribution < -0.4 is 0 Å². The van der Waals surface area contributed by atoms with Crippen LogP contribution in [0.1, 0.15) is 28.7 Å². The van der Waals surface area contributed by atoms with E-state index in [1.54, 1.807) is 6.07 Å². The van der Waals surface area contributed by atoms with Gasteiger partial charge in [-0.2, -0.15) is 0 Å². The summed E-state index contributed by atoms with van der Waals surface area (Å²) < 4.78 is 13.2. The van der Waals surface area contributed by atoms with Crippen LogP contribution in [0.3, 0.4) is 0 Å². The van der Waals surface area contributed by atoms with Crippen LogP contribution in [0.15, 0.2) is 42.5 Å². The second-order valence-corrected chi connectivity index (χ2v) is 4.98. The van der Waals surface area contributed by atoms with E-state index in [9.17, 15) is 9.50 Å². The van der Waals surface area contributed by atoms with Crippen molar-refractivity contribution >= 4 is 0 Å². The summed E-state index contributed by atoms with van der Waals surface area (Å²) in [7, 11) is 0. The highest BCUT2D eigenvalue weighted by molar-refractivity contribution is 5.47. The van der Waals surface area contributed by atoms with Gasteiger partial charge >= 0.3 is 0 Å². The van der Waals surface area contributed by atoms with Gasteiger partial charge in [0, 0.05) is 0 Å². The molecule has 0 aliphatic heterocycles. The van der Waals surface area contributed by atoms with Crippen molar-refractivity contribution in [2.24, 2.45) is 0 Å². The lowest BCUT2D eigenvalue weighted by Crippen LogP contribution is -2.25. The maximum absolute atomic E-state index is 13.2. The molecule has 1 nitrogen and oxygen atoms in total. The Labute approximate surface area is 106 Å². The number of hydrogen-bond donors (Lipinski definition) is 1. The first-order valence-electron chi connectivity index (χ1n) is 6.19. The molecular weight excluding hydrogens is 227 g/mol. The van der Waals surface area contributed by atoms with Crippen molar-refractivity contribution in [3.63, 3.8) is 0 Å². The summed E-state index contributed by atoms with van der Waals surface area (Å²) in [5, 5.41) is 11.0. The highest BCUT2D eigenvalue weighted by Gasteiger charge is 2.38. The summed E-state index contributed by atoms with van der Waals surface area (Å²) in [6.07, 6.45) is 1.53. The summed E-state index contributed by atoms with van der Waals surface area (Å²) in [6.45, 7) is 1.84. The molecule has 0 saturated heterocycles. The van der Waals surface area contributed by atoms with Crippen LogP contribution in [0.4, 0.5) is 4.39 Å². The van der Waals surface area contributed by atoms with E-state index < -0.39 is 5.60 Å². The van der Waals surface area contributed by atoms with E-state index in [1.165, 1.54) is 17.7 Å². The SMILES string of the molecule is Cc1cc(F)ccc1C1(O)CCc2ccccc21. The normalized spacial score (nSPS) is 21.9. The van der Waals surface area contributed by atoms with Gasteiger partial charge in [-0.3, -0.25) is 0 Å². The van der Waals surface area contributed by atoms with Crippen LogP contribution in [-0.2, 0) is 12.0 Å². The number of fused-ring (bicyclic) bond motifs is 1. The summed E-state index contributed by atoms with van der Waals surface area (Å²) in [6, 6.07) is 12.5. The topological polar surface area (TPSA) is 20.2 Å². The molecular formula is C16H15FO. The Kier molecular flexibility index (Phi) is 2.49. The van der Waals surface area contributed by atoms with E-state index in [2.05, 4.69) is 0 Å². The Bertz CT molecular complexity index is 606. The fraction of sp³-hybridized carbons (Fsp3) is 0.250. The first-order valence-corrected chi connectivity index (χ1v) is 6.19. The maximum atomic E-state index is 13.2. The molecule has 3 rings (SSSR count). The van der Waals surface area contributed by atoms with Crippen molar-refractivity contribution < 1.29 is 9.50 Å². The molecule has 0 saturated carbocycles. The predicted molar refractivity (Wildman–Crippen MR) is 68.9 cm³/mol. The lowest BCUT2D eigenvalue weighted by atomic mass is 9.85. The summed E-state index contributed by atoms with van der Waals surface area (Å²) in [5.41, 5.74) is 2.79. The average molecular weight is 242 g/mol. The van der Waals surface area contributed by atoms with Gasteiger partial charge in [0.2, 0.25) is 0 Å². The average Bonchev–Trinajstić information content (AvgIpc) is 2.69. The Morgan fingerprint density at radius 1 is 1.11 bits per heavy atom. The van der Waals surface area contributed by atoms with E-state index >= 15 is 0 Å². The zero-order chi connectivity index (χ0) is 12.8. The zero-order valence-electron chi connectivity index (χ0n) is 10.3. The molecule has 0 amide bonds. The molecule has 1 unspecified atom stereocenters. The van der Waals surface area contributed by atoms with Crippen LogP contribution >= 0.6 is 0 Å². The second kappa shape index (κ2) is 3.92. The van der Waals surface area contributed by atoms with Crippen molar-refractivity contribution in [3.05, 3.63) is 70.5 Å². The van der Waals surface area contributed by atoms with Crippen LogP contribution in [0.25, 0.3) is 0 Å². The Morgan fingerprint density at radius 3 is 2.67 bits per heavy atom. The molecule has 2 heteroatoms. The fourth-order valence-electron chi connectivity index (χ4n) is 2.96. The molecule has 2 aromatic carbocycles. The van der Waals surface area contributed by atoms with Crippen molar-refractivity contribution in [1.29, 1.82) is 0 Å². The molecule has 0 fully saturated rings. The third-order valence-corrected chi connectivity index (χ3v) is 3.85. The molecule has 1 aliphatic carbocycles. The van der Waals surface area contributed by atoms with E-state index in [4.69, 9.17) is 0 Å². The fourth-order valence-corrected chi connectivity index (χ4v) is 2.96. The lowest BCUT2D eigenvalue weighted by Gasteiger charge is -2.26. The first-order chi connectivity index (χ1) is 8.61. The van der Waals surface area contributed by atoms with Crippen LogP contribution in [-0.4, -0.2) is 5.11 Å². The van der Waals surface area contributed by atoms with E-state index in [0.717, 1.165) is 23.1 Å².